The van der Waals surface area contributed by atoms with Gasteiger partial charge in [0.1, 0.15) is 7.60 Å². The van der Waals surface area contributed by atoms with Crippen molar-refractivity contribution < 1.29 is 63.8 Å². The summed E-state index contributed by atoms with van der Waals surface area (Å²) >= 11 is 0. The first kappa shape index (κ1) is 20.4. The number of aliphatic carboxylic acids is 1. The first-order valence-corrected chi connectivity index (χ1v) is 6.72. The van der Waals surface area contributed by atoms with E-state index in [0.29, 0.717) is 0 Å². The van der Waals surface area contributed by atoms with Gasteiger partial charge < -0.3 is 19.5 Å². The fourth-order valence-corrected chi connectivity index (χ4v) is 1.73. The number of amides is 1. The summed E-state index contributed by atoms with van der Waals surface area (Å²) in [5, 5.41) is 18.0. The molecule has 0 radical (unpaired) electrons. The van der Waals surface area contributed by atoms with Gasteiger partial charge in [0.25, 0.3) is 0 Å². The predicted molar refractivity (Wildman–Crippen MR) is 54.3 cm³/mol. The van der Waals surface area contributed by atoms with Crippen LogP contribution in [-0.2, 0) is 14.2 Å². The Morgan fingerprint density at radius 1 is 1.44 bits per heavy atom. The Hall–Kier alpha value is 0.0500. The summed E-state index contributed by atoms with van der Waals surface area (Å²) in [6.45, 7) is 1.48. The van der Waals surface area contributed by atoms with Crippen LogP contribution in [0.15, 0.2) is 0 Å². The van der Waals surface area contributed by atoms with Crippen molar-refractivity contribution in [1.82, 2.24) is 5.06 Å². The number of carboxylic acids is 1. The van der Waals surface area contributed by atoms with Crippen LogP contribution in [0.2, 0.25) is 0 Å². The Kier molecular flexibility index (Phi) is 10.2. The molecule has 0 saturated carbocycles. The van der Waals surface area contributed by atoms with Gasteiger partial charge in [0, 0.05) is 12.6 Å². The summed E-state index contributed by atoms with van der Waals surface area (Å²) in [6.07, 6.45) is -1.09. The van der Waals surface area contributed by atoms with Gasteiger partial charge in [0.2, 0.25) is 5.91 Å². The van der Waals surface area contributed by atoms with Crippen LogP contribution in [0.25, 0.3) is 0 Å². The zero-order valence-corrected chi connectivity index (χ0v) is 13.2. The van der Waals surface area contributed by atoms with E-state index in [1.807, 2.05) is 0 Å². The molecule has 2 unspecified atom stereocenters. The van der Waals surface area contributed by atoms with E-state index in [1.165, 1.54) is 6.92 Å². The van der Waals surface area contributed by atoms with E-state index in [9.17, 15) is 24.3 Å². The van der Waals surface area contributed by atoms with E-state index >= 15 is 0 Å². The third-order valence-electron chi connectivity index (χ3n) is 2.05. The topological polar surface area (TPSA) is 138 Å². The average Bonchev–Trinajstić information content (AvgIpc) is 2.15. The molecule has 0 aliphatic heterocycles. The van der Waals surface area contributed by atoms with Crippen molar-refractivity contribution in [3.63, 3.8) is 0 Å². The SMILES string of the molecule is CCC(C(=O)O)N(O)C(=O)CCCP(=O)([O-])O.[Na+]. The Balaban J connectivity index is 0. The molecule has 8 nitrogen and oxygen atoms in total. The van der Waals surface area contributed by atoms with Crippen LogP contribution in [-0.4, -0.2) is 44.4 Å². The maximum atomic E-state index is 11.3. The normalized spacial score (nSPS) is 15.1. The van der Waals surface area contributed by atoms with Gasteiger partial charge >= 0.3 is 35.5 Å². The van der Waals surface area contributed by atoms with Crippen molar-refractivity contribution in [2.45, 2.75) is 32.2 Å². The first-order chi connectivity index (χ1) is 7.69. The molecule has 0 aromatic carbocycles. The minimum atomic E-state index is -4.42. The van der Waals surface area contributed by atoms with Crippen molar-refractivity contribution in [3.8, 4) is 0 Å². The van der Waals surface area contributed by atoms with Crippen LogP contribution in [0, 0.1) is 0 Å². The monoisotopic (exact) mass is 291 g/mol. The van der Waals surface area contributed by atoms with Crippen molar-refractivity contribution >= 4 is 19.5 Å². The molecule has 3 N–H and O–H groups in total. The molecule has 0 saturated heterocycles. The molecule has 100 valence electrons. The molecule has 0 heterocycles. The summed E-state index contributed by atoms with van der Waals surface area (Å²) in [7, 11) is -4.42. The maximum absolute atomic E-state index is 11.3. The minimum Gasteiger partial charge on any atom is -0.779 e. The smallest absolute Gasteiger partial charge is 0.779 e. The number of hydrogen-bond donors (Lipinski definition) is 3. The number of nitrogens with zero attached hydrogens (tertiary/aromatic N) is 1. The van der Waals surface area contributed by atoms with Crippen LogP contribution in [0.4, 0.5) is 0 Å². The molecule has 0 spiro atoms. The summed E-state index contributed by atoms with van der Waals surface area (Å²) < 4.78 is 10.4. The Morgan fingerprint density at radius 2 is 1.94 bits per heavy atom. The number of carbonyl (C=O) groups excluding carboxylic acids is 1. The van der Waals surface area contributed by atoms with Crippen LogP contribution in [0.3, 0.4) is 0 Å². The minimum absolute atomic E-state index is 0. The third-order valence-corrected chi connectivity index (χ3v) is 2.94. The summed E-state index contributed by atoms with van der Waals surface area (Å²) in [6, 6.07) is -1.35. The largest absolute Gasteiger partial charge is 1.00 e. The van der Waals surface area contributed by atoms with Gasteiger partial charge in [-0.3, -0.25) is 10.0 Å². The summed E-state index contributed by atoms with van der Waals surface area (Å²) in [5.74, 6) is -2.24. The Morgan fingerprint density at radius 3 is 2.28 bits per heavy atom. The van der Waals surface area contributed by atoms with E-state index in [1.54, 1.807) is 0 Å². The Labute approximate surface area is 126 Å². The Bertz CT molecular complexity index is 331. The molecule has 10 heteroatoms. The van der Waals surface area contributed by atoms with Gasteiger partial charge in [-0.05, 0) is 12.8 Å². The van der Waals surface area contributed by atoms with Crippen LogP contribution in [0.1, 0.15) is 26.2 Å². The van der Waals surface area contributed by atoms with Gasteiger partial charge in [0.15, 0.2) is 6.04 Å². The second kappa shape index (κ2) is 9.03. The molecule has 0 aliphatic carbocycles. The molecular formula is C8H15NNaO7P. The number of carbonyl (C=O) groups is 2. The average molecular weight is 291 g/mol. The van der Waals surface area contributed by atoms with E-state index in [4.69, 9.17) is 10.00 Å². The number of hydroxylamine groups is 2. The molecule has 2 atom stereocenters. The molecular weight excluding hydrogens is 276 g/mol. The van der Waals surface area contributed by atoms with Gasteiger partial charge in [0.05, 0.1) is 0 Å². The van der Waals surface area contributed by atoms with E-state index in [0.717, 1.165) is 0 Å². The van der Waals surface area contributed by atoms with E-state index < -0.39 is 31.7 Å². The molecule has 18 heavy (non-hydrogen) atoms. The fraction of sp³-hybridized carbons (Fsp3) is 0.750. The van der Waals surface area contributed by atoms with Gasteiger partial charge in [-0.2, -0.15) is 0 Å². The van der Waals surface area contributed by atoms with Crippen molar-refractivity contribution in [3.05, 3.63) is 0 Å². The second-order valence-electron chi connectivity index (χ2n) is 3.47. The van der Waals surface area contributed by atoms with Crippen LogP contribution < -0.4 is 34.5 Å². The first-order valence-electron chi connectivity index (χ1n) is 4.95. The molecule has 0 aromatic heterocycles. The quantitative estimate of drug-likeness (QED) is 0.191. The molecule has 0 fully saturated rings. The van der Waals surface area contributed by atoms with E-state index in [2.05, 4.69) is 0 Å². The molecule has 0 aromatic rings. The summed E-state index contributed by atoms with van der Waals surface area (Å²) in [5.41, 5.74) is 0. The number of carboxylic acid groups (broad SMARTS) is 1. The maximum Gasteiger partial charge on any atom is 1.00 e. The molecule has 0 bridgehead atoms. The zero-order valence-electron chi connectivity index (χ0n) is 10.3. The van der Waals surface area contributed by atoms with Crippen molar-refractivity contribution in [2.24, 2.45) is 0 Å². The molecule has 1 amide bonds. The van der Waals surface area contributed by atoms with Gasteiger partial charge in [-0.15, -0.1) is 0 Å². The number of rotatable bonds is 7. The molecule has 0 rings (SSSR count). The van der Waals surface area contributed by atoms with Crippen LogP contribution in [0.5, 0.6) is 0 Å². The number of hydrogen-bond acceptors (Lipinski definition) is 5. The standard InChI is InChI=1S/C8H16NO7P.Na/c1-2-6(8(11)12)9(13)7(10)4-3-5-17(14,15)16;/h6,13H,2-5H2,1H3,(H,11,12)(H2,14,15,16);/q;+1/p-1. The van der Waals surface area contributed by atoms with Crippen molar-refractivity contribution in [2.75, 3.05) is 6.16 Å². The fourth-order valence-electron chi connectivity index (χ4n) is 1.17. The zero-order chi connectivity index (χ0) is 13.6. The molecule has 0 aliphatic rings. The summed E-state index contributed by atoms with van der Waals surface area (Å²) in [4.78, 5) is 40.7. The second-order valence-corrected chi connectivity index (χ2v) is 5.19. The van der Waals surface area contributed by atoms with Crippen molar-refractivity contribution in [1.29, 1.82) is 0 Å². The van der Waals surface area contributed by atoms with Gasteiger partial charge in [-0.25, -0.2) is 9.86 Å². The van der Waals surface area contributed by atoms with E-state index in [-0.39, 0.29) is 53.9 Å². The predicted octanol–water partition coefficient (Wildman–Crippen LogP) is -3.60. The van der Waals surface area contributed by atoms with Crippen LogP contribution >= 0.6 is 7.60 Å². The van der Waals surface area contributed by atoms with Gasteiger partial charge in [-0.1, -0.05) is 6.92 Å². The third kappa shape index (κ3) is 8.20.